The summed E-state index contributed by atoms with van der Waals surface area (Å²) in [5.74, 6) is 0.154. The van der Waals surface area contributed by atoms with Crippen molar-refractivity contribution in [3.8, 4) is 5.75 Å². The minimum absolute atomic E-state index is 0.129. The number of rotatable bonds is 1. The number of nitrogens with zero attached hydrogens (tertiary/aromatic N) is 2. The molecule has 1 aromatic carbocycles. The largest absolute Gasteiger partial charge is 0.508 e. The molecule has 14 heavy (non-hydrogen) atoms. The van der Waals surface area contributed by atoms with Gasteiger partial charge in [-0.3, -0.25) is 4.90 Å². The predicted molar refractivity (Wildman–Crippen MR) is 55.6 cm³/mol. The quantitative estimate of drug-likeness (QED) is 0.736. The zero-order valence-electron chi connectivity index (χ0n) is 8.56. The van der Waals surface area contributed by atoms with E-state index in [0.29, 0.717) is 5.69 Å². The number of amides is 2. The maximum absolute atomic E-state index is 11.5. The number of urea groups is 1. The van der Waals surface area contributed by atoms with Crippen LogP contribution in [0, 0.1) is 0 Å². The van der Waals surface area contributed by atoms with Crippen LogP contribution in [-0.2, 0) is 0 Å². The molecule has 0 aliphatic rings. The monoisotopic (exact) mass is 194 g/mol. The summed E-state index contributed by atoms with van der Waals surface area (Å²) in [7, 11) is 5.03. The Hall–Kier alpha value is -1.71. The number of hydrogen-bond acceptors (Lipinski definition) is 2. The van der Waals surface area contributed by atoms with Crippen molar-refractivity contribution in [3.05, 3.63) is 24.3 Å². The topological polar surface area (TPSA) is 43.8 Å². The van der Waals surface area contributed by atoms with Crippen LogP contribution in [0.15, 0.2) is 24.3 Å². The first kappa shape index (κ1) is 10.4. The zero-order valence-corrected chi connectivity index (χ0v) is 8.56. The highest BCUT2D eigenvalue weighted by Crippen LogP contribution is 2.19. The normalized spacial score (nSPS) is 9.64. The van der Waals surface area contributed by atoms with Gasteiger partial charge in [0.25, 0.3) is 0 Å². The average molecular weight is 194 g/mol. The van der Waals surface area contributed by atoms with Crippen LogP contribution in [-0.4, -0.2) is 37.2 Å². The van der Waals surface area contributed by atoms with E-state index in [0.717, 1.165) is 0 Å². The first-order valence-corrected chi connectivity index (χ1v) is 4.26. The Kier molecular flexibility index (Phi) is 2.96. The van der Waals surface area contributed by atoms with Crippen LogP contribution in [0.5, 0.6) is 5.75 Å². The van der Waals surface area contributed by atoms with Crippen LogP contribution in [0.1, 0.15) is 0 Å². The second-order valence-corrected chi connectivity index (χ2v) is 3.26. The highest BCUT2D eigenvalue weighted by molar-refractivity contribution is 5.91. The average Bonchev–Trinajstić information content (AvgIpc) is 2.15. The lowest BCUT2D eigenvalue weighted by atomic mass is 10.3. The summed E-state index contributed by atoms with van der Waals surface area (Å²) >= 11 is 0. The molecular formula is C10H14N2O2. The van der Waals surface area contributed by atoms with E-state index in [4.69, 9.17) is 0 Å². The van der Waals surface area contributed by atoms with Crippen LogP contribution in [0.3, 0.4) is 0 Å². The molecule has 0 aromatic heterocycles. The third kappa shape index (κ3) is 2.16. The molecule has 1 N–H and O–H groups in total. The number of phenols is 1. The standard InChI is InChI=1S/C10H14N2O2/c1-11(2)10(14)12(3)8-5-4-6-9(13)7-8/h4-7,13H,1-3H3. The van der Waals surface area contributed by atoms with Crippen molar-refractivity contribution in [1.29, 1.82) is 0 Å². The van der Waals surface area contributed by atoms with E-state index in [1.54, 1.807) is 45.4 Å². The van der Waals surface area contributed by atoms with Gasteiger partial charge in [0.15, 0.2) is 0 Å². The Morgan fingerprint density at radius 2 is 1.93 bits per heavy atom. The minimum atomic E-state index is -0.129. The van der Waals surface area contributed by atoms with Crippen molar-refractivity contribution in [2.75, 3.05) is 26.0 Å². The molecule has 76 valence electrons. The summed E-state index contributed by atoms with van der Waals surface area (Å²) in [5.41, 5.74) is 0.670. The maximum Gasteiger partial charge on any atom is 0.323 e. The summed E-state index contributed by atoms with van der Waals surface area (Å²) in [6.07, 6.45) is 0. The second kappa shape index (κ2) is 4.00. The van der Waals surface area contributed by atoms with Crippen molar-refractivity contribution in [2.24, 2.45) is 0 Å². The smallest absolute Gasteiger partial charge is 0.323 e. The predicted octanol–water partition coefficient (Wildman–Crippen LogP) is 1.51. The number of anilines is 1. The summed E-state index contributed by atoms with van der Waals surface area (Å²) in [6.45, 7) is 0. The Morgan fingerprint density at radius 1 is 1.29 bits per heavy atom. The van der Waals surface area contributed by atoms with Gasteiger partial charge in [-0.2, -0.15) is 0 Å². The molecule has 0 aliphatic heterocycles. The van der Waals surface area contributed by atoms with Gasteiger partial charge in [0.2, 0.25) is 0 Å². The van der Waals surface area contributed by atoms with Crippen molar-refractivity contribution in [3.63, 3.8) is 0 Å². The first-order valence-electron chi connectivity index (χ1n) is 4.26. The molecule has 2 amide bonds. The third-order valence-corrected chi connectivity index (χ3v) is 1.89. The fraction of sp³-hybridized carbons (Fsp3) is 0.300. The van der Waals surface area contributed by atoms with Crippen LogP contribution in [0.4, 0.5) is 10.5 Å². The molecule has 0 saturated carbocycles. The molecule has 0 atom stereocenters. The number of carbonyl (C=O) groups is 1. The molecule has 1 aromatic rings. The van der Waals surface area contributed by atoms with Gasteiger partial charge >= 0.3 is 6.03 Å². The van der Waals surface area contributed by atoms with Crippen LogP contribution < -0.4 is 4.90 Å². The highest BCUT2D eigenvalue weighted by atomic mass is 16.3. The maximum atomic E-state index is 11.5. The van der Waals surface area contributed by atoms with E-state index in [1.807, 2.05) is 0 Å². The van der Waals surface area contributed by atoms with Gasteiger partial charge in [-0.05, 0) is 12.1 Å². The van der Waals surface area contributed by atoms with E-state index < -0.39 is 0 Å². The van der Waals surface area contributed by atoms with Crippen LogP contribution in [0.25, 0.3) is 0 Å². The van der Waals surface area contributed by atoms with E-state index in [-0.39, 0.29) is 11.8 Å². The Labute approximate surface area is 83.4 Å². The fourth-order valence-electron chi connectivity index (χ4n) is 1.11. The number of hydrogen-bond donors (Lipinski definition) is 1. The van der Waals surface area contributed by atoms with Crippen LogP contribution >= 0.6 is 0 Å². The second-order valence-electron chi connectivity index (χ2n) is 3.26. The molecule has 4 heteroatoms. The highest BCUT2D eigenvalue weighted by Gasteiger charge is 2.12. The number of carbonyl (C=O) groups excluding carboxylic acids is 1. The third-order valence-electron chi connectivity index (χ3n) is 1.89. The summed E-state index contributed by atoms with van der Waals surface area (Å²) in [6, 6.07) is 6.44. The van der Waals surface area contributed by atoms with Gasteiger partial charge in [-0.25, -0.2) is 4.79 Å². The molecule has 0 heterocycles. The molecule has 4 nitrogen and oxygen atoms in total. The van der Waals surface area contributed by atoms with Crippen molar-refractivity contribution >= 4 is 11.7 Å². The fourth-order valence-corrected chi connectivity index (χ4v) is 1.11. The van der Waals surface area contributed by atoms with Gasteiger partial charge in [0.1, 0.15) is 5.75 Å². The zero-order chi connectivity index (χ0) is 10.7. The molecule has 0 unspecified atom stereocenters. The van der Waals surface area contributed by atoms with E-state index >= 15 is 0 Å². The molecule has 0 bridgehead atoms. The van der Waals surface area contributed by atoms with E-state index in [2.05, 4.69) is 0 Å². The number of phenolic OH excluding ortho intramolecular Hbond substituents is 1. The van der Waals surface area contributed by atoms with Gasteiger partial charge in [0.05, 0.1) is 0 Å². The Morgan fingerprint density at radius 3 is 2.43 bits per heavy atom. The van der Waals surface area contributed by atoms with Crippen molar-refractivity contribution in [1.82, 2.24) is 4.90 Å². The molecule has 0 radical (unpaired) electrons. The van der Waals surface area contributed by atoms with Crippen molar-refractivity contribution < 1.29 is 9.90 Å². The lowest BCUT2D eigenvalue weighted by Crippen LogP contribution is -2.36. The van der Waals surface area contributed by atoms with Crippen LogP contribution in [0.2, 0.25) is 0 Å². The summed E-state index contributed by atoms with van der Waals surface area (Å²) in [5, 5.41) is 9.23. The molecule has 1 rings (SSSR count). The Balaban J connectivity index is 2.89. The van der Waals surface area contributed by atoms with Crippen molar-refractivity contribution in [2.45, 2.75) is 0 Å². The van der Waals surface area contributed by atoms with E-state index in [9.17, 15) is 9.90 Å². The number of aromatic hydroxyl groups is 1. The van der Waals surface area contributed by atoms with E-state index in [1.165, 1.54) is 9.80 Å². The summed E-state index contributed by atoms with van der Waals surface area (Å²) < 4.78 is 0. The minimum Gasteiger partial charge on any atom is -0.508 e. The molecule has 0 saturated heterocycles. The van der Waals surface area contributed by atoms with Gasteiger partial charge < -0.3 is 10.0 Å². The molecular weight excluding hydrogens is 180 g/mol. The number of benzene rings is 1. The SMILES string of the molecule is CN(C)C(=O)N(C)c1cccc(O)c1. The summed E-state index contributed by atoms with van der Waals surface area (Å²) in [4.78, 5) is 14.5. The molecule has 0 spiro atoms. The first-order chi connectivity index (χ1) is 6.52. The lowest BCUT2D eigenvalue weighted by molar-refractivity contribution is 0.225. The molecule has 0 aliphatic carbocycles. The van der Waals surface area contributed by atoms with Gasteiger partial charge in [0, 0.05) is 32.9 Å². The van der Waals surface area contributed by atoms with Gasteiger partial charge in [-0.1, -0.05) is 6.07 Å². The Bertz CT molecular complexity index is 337. The van der Waals surface area contributed by atoms with Gasteiger partial charge in [-0.15, -0.1) is 0 Å². The molecule has 0 fully saturated rings. The lowest BCUT2D eigenvalue weighted by Gasteiger charge is -2.21.